The monoisotopic (exact) mass is 443 g/mol. The van der Waals surface area contributed by atoms with Gasteiger partial charge in [0.25, 0.3) is 0 Å². The Morgan fingerprint density at radius 1 is 1.13 bits per heavy atom. The Morgan fingerprint density at radius 2 is 1.84 bits per heavy atom. The SMILES string of the molecule is CC(O)N1c2ccc(-c3cccc(NS(C)(=O)=O)c3)cc2N(C(=O)C2CCC2)C[C@@H]1C. The van der Waals surface area contributed by atoms with Crippen molar-refractivity contribution in [2.24, 2.45) is 5.92 Å². The fraction of sp³-hybridized carbons (Fsp3) is 0.435. The van der Waals surface area contributed by atoms with E-state index in [0.29, 0.717) is 12.2 Å². The first-order chi connectivity index (χ1) is 14.6. The van der Waals surface area contributed by atoms with E-state index in [1.165, 1.54) is 0 Å². The molecular formula is C23H29N3O4S. The van der Waals surface area contributed by atoms with Gasteiger partial charge in [-0.05, 0) is 62.1 Å². The molecule has 2 atom stereocenters. The Hall–Kier alpha value is -2.58. The van der Waals surface area contributed by atoms with Gasteiger partial charge in [-0.25, -0.2) is 8.42 Å². The molecule has 1 fully saturated rings. The third-order valence-corrected chi connectivity index (χ3v) is 6.69. The van der Waals surface area contributed by atoms with E-state index >= 15 is 0 Å². The Bertz CT molecular complexity index is 1100. The van der Waals surface area contributed by atoms with Crippen LogP contribution in [0.5, 0.6) is 0 Å². The number of sulfonamides is 1. The number of hydrogen-bond acceptors (Lipinski definition) is 5. The minimum atomic E-state index is -3.38. The second-order valence-electron chi connectivity index (χ2n) is 8.62. The van der Waals surface area contributed by atoms with Crippen LogP contribution in [0.25, 0.3) is 11.1 Å². The Kier molecular flexibility index (Phi) is 5.70. The van der Waals surface area contributed by atoms with Crippen molar-refractivity contribution in [2.75, 3.05) is 27.3 Å². The van der Waals surface area contributed by atoms with Gasteiger partial charge in [0, 0.05) is 24.2 Å². The van der Waals surface area contributed by atoms with Crippen molar-refractivity contribution in [1.82, 2.24) is 0 Å². The van der Waals surface area contributed by atoms with E-state index in [-0.39, 0.29) is 17.9 Å². The van der Waals surface area contributed by atoms with Crippen LogP contribution in [-0.4, -0.2) is 44.5 Å². The summed E-state index contributed by atoms with van der Waals surface area (Å²) in [5.74, 6) is 0.221. The van der Waals surface area contributed by atoms with Crippen molar-refractivity contribution >= 4 is 33.0 Å². The Labute approximate surface area is 183 Å². The lowest BCUT2D eigenvalue weighted by molar-refractivity contribution is -0.124. The van der Waals surface area contributed by atoms with Crippen LogP contribution < -0.4 is 14.5 Å². The molecule has 0 bridgehead atoms. The van der Waals surface area contributed by atoms with Gasteiger partial charge in [0.2, 0.25) is 15.9 Å². The van der Waals surface area contributed by atoms with Gasteiger partial charge in [-0.1, -0.05) is 24.6 Å². The van der Waals surface area contributed by atoms with Crippen LogP contribution in [0, 0.1) is 5.92 Å². The summed E-state index contributed by atoms with van der Waals surface area (Å²) in [6, 6.07) is 13.0. The first-order valence-electron chi connectivity index (χ1n) is 10.6. The predicted molar refractivity (Wildman–Crippen MR) is 124 cm³/mol. The molecule has 0 spiro atoms. The number of amides is 1. The largest absolute Gasteiger partial charge is 0.374 e. The molecule has 1 unspecified atom stereocenters. The lowest BCUT2D eigenvalue weighted by Gasteiger charge is -2.45. The molecule has 1 saturated carbocycles. The molecule has 7 nitrogen and oxygen atoms in total. The minimum absolute atomic E-state index is 0.00957. The number of benzene rings is 2. The highest BCUT2D eigenvalue weighted by molar-refractivity contribution is 7.92. The number of nitrogens with zero attached hydrogens (tertiary/aromatic N) is 2. The molecule has 1 amide bonds. The van der Waals surface area contributed by atoms with Crippen molar-refractivity contribution in [3.05, 3.63) is 42.5 Å². The topological polar surface area (TPSA) is 89.9 Å². The number of rotatable bonds is 5. The molecule has 1 aliphatic heterocycles. The van der Waals surface area contributed by atoms with Gasteiger partial charge in [0.15, 0.2) is 0 Å². The summed E-state index contributed by atoms with van der Waals surface area (Å²) < 4.78 is 25.7. The second-order valence-corrected chi connectivity index (χ2v) is 10.4. The van der Waals surface area contributed by atoms with Gasteiger partial charge in [-0.15, -0.1) is 0 Å². The van der Waals surface area contributed by atoms with Crippen LogP contribution in [0.1, 0.15) is 33.1 Å². The zero-order chi connectivity index (χ0) is 22.3. The molecule has 0 saturated heterocycles. The third-order valence-electron chi connectivity index (χ3n) is 6.09. The highest BCUT2D eigenvalue weighted by Gasteiger charge is 2.37. The molecule has 0 aromatic heterocycles. The van der Waals surface area contributed by atoms with Crippen molar-refractivity contribution in [2.45, 2.75) is 45.4 Å². The number of anilines is 3. The third kappa shape index (κ3) is 4.41. The second kappa shape index (κ2) is 8.16. The lowest BCUT2D eigenvalue weighted by Crippen LogP contribution is -2.54. The lowest BCUT2D eigenvalue weighted by atomic mass is 9.84. The van der Waals surface area contributed by atoms with Crippen molar-refractivity contribution in [3.8, 4) is 11.1 Å². The molecule has 0 radical (unpaired) electrons. The molecule has 8 heteroatoms. The predicted octanol–water partition coefficient (Wildman–Crippen LogP) is 3.41. The molecule has 1 aliphatic carbocycles. The summed E-state index contributed by atoms with van der Waals surface area (Å²) in [4.78, 5) is 17.0. The van der Waals surface area contributed by atoms with Crippen molar-refractivity contribution < 1.29 is 18.3 Å². The van der Waals surface area contributed by atoms with Crippen molar-refractivity contribution in [3.63, 3.8) is 0 Å². The van der Waals surface area contributed by atoms with E-state index in [0.717, 1.165) is 48.0 Å². The van der Waals surface area contributed by atoms with Gasteiger partial charge in [0.05, 0.1) is 17.6 Å². The number of carbonyl (C=O) groups is 1. The summed E-state index contributed by atoms with van der Waals surface area (Å²) in [6.07, 6.45) is 3.39. The number of carbonyl (C=O) groups excluding carboxylic acids is 1. The number of aliphatic hydroxyl groups is 1. The van der Waals surface area contributed by atoms with E-state index in [1.807, 2.05) is 41.0 Å². The normalized spacial score (nSPS) is 20.1. The highest BCUT2D eigenvalue weighted by atomic mass is 32.2. The van der Waals surface area contributed by atoms with Gasteiger partial charge in [0.1, 0.15) is 6.23 Å². The van der Waals surface area contributed by atoms with Crippen LogP contribution in [0.15, 0.2) is 42.5 Å². The zero-order valence-electron chi connectivity index (χ0n) is 18.1. The van der Waals surface area contributed by atoms with E-state index in [4.69, 9.17) is 0 Å². The molecule has 2 aromatic carbocycles. The number of fused-ring (bicyclic) bond motifs is 1. The molecule has 2 aliphatic rings. The van der Waals surface area contributed by atoms with Crippen LogP contribution >= 0.6 is 0 Å². The van der Waals surface area contributed by atoms with E-state index < -0.39 is 16.3 Å². The number of hydrogen-bond donors (Lipinski definition) is 2. The summed E-state index contributed by atoms with van der Waals surface area (Å²) in [7, 11) is -3.38. The van der Waals surface area contributed by atoms with Gasteiger partial charge >= 0.3 is 0 Å². The van der Waals surface area contributed by atoms with Crippen LogP contribution in [0.4, 0.5) is 17.1 Å². The van der Waals surface area contributed by atoms with E-state index in [9.17, 15) is 18.3 Å². The summed E-state index contributed by atoms with van der Waals surface area (Å²) in [6.45, 7) is 4.27. The summed E-state index contributed by atoms with van der Waals surface area (Å²) in [5, 5.41) is 10.4. The molecule has 1 heterocycles. The van der Waals surface area contributed by atoms with Gasteiger partial charge in [-0.2, -0.15) is 0 Å². The minimum Gasteiger partial charge on any atom is -0.374 e. The number of nitrogens with one attached hydrogen (secondary N) is 1. The maximum Gasteiger partial charge on any atom is 0.230 e. The van der Waals surface area contributed by atoms with Crippen molar-refractivity contribution in [1.29, 1.82) is 0 Å². The Morgan fingerprint density at radius 3 is 2.45 bits per heavy atom. The van der Waals surface area contributed by atoms with E-state index in [2.05, 4.69) is 4.72 Å². The van der Waals surface area contributed by atoms with E-state index in [1.54, 1.807) is 25.1 Å². The molecular weight excluding hydrogens is 414 g/mol. The maximum absolute atomic E-state index is 13.2. The van der Waals surface area contributed by atoms with Crippen LogP contribution in [0.3, 0.4) is 0 Å². The Balaban J connectivity index is 1.76. The molecule has 2 aromatic rings. The fourth-order valence-electron chi connectivity index (χ4n) is 4.46. The average molecular weight is 444 g/mol. The molecule has 31 heavy (non-hydrogen) atoms. The van der Waals surface area contributed by atoms with Crippen LogP contribution in [0.2, 0.25) is 0 Å². The molecule has 166 valence electrons. The van der Waals surface area contributed by atoms with Crippen LogP contribution in [-0.2, 0) is 14.8 Å². The summed E-state index contributed by atoms with van der Waals surface area (Å²) >= 11 is 0. The fourth-order valence-corrected chi connectivity index (χ4v) is 5.01. The standard InChI is InChI=1S/C23H29N3O4S/c1-15-14-25(23(28)17-6-4-7-17)22-13-19(10-11-21(22)26(15)16(2)27)18-8-5-9-20(12-18)24-31(3,29)30/h5,8-13,15-17,24,27H,4,6-7,14H2,1-3H3/t15-,16?/m0/s1. The maximum atomic E-state index is 13.2. The quantitative estimate of drug-likeness (QED) is 0.739. The average Bonchev–Trinajstić information content (AvgIpc) is 2.64. The molecule has 4 rings (SSSR count). The van der Waals surface area contributed by atoms with Gasteiger partial charge in [-0.3, -0.25) is 9.52 Å². The first kappa shape index (κ1) is 21.6. The number of aliphatic hydroxyl groups excluding tert-OH is 1. The van der Waals surface area contributed by atoms with Gasteiger partial charge < -0.3 is 14.9 Å². The zero-order valence-corrected chi connectivity index (χ0v) is 18.9. The highest BCUT2D eigenvalue weighted by Crippen LogP contribution is 2.41. The first-order valence-corrected chi connectivity index (χ1v) is 12.5. The smallest absolute Gasteiger partial charge is 0.230 e. The molecule has 2 N–H and O–H groups in total. The summed E-state index contributed by atoms with van der Waals surface area (Å²) in [5.41, 5.74) is 3.82.